The highest BCUT2D eigenvalue weighted by molar-refractivity contribution is 5.93. The Morgan fingerprint density at radius 2 is 1.96 bits per heavy atom. The highest BCUT2D eigenvalue weighted by Gasteiger charge is 2.37. The lowest BCUT2D eigenvalue weighted by Gasteiger charge is -2.22. The number of aromatic nitrogens is 4. The standard InChI is InChI=1S/C17H21N5O2/c1-10-18-6-7-22(10)14-5-4-13(15(14)23)21-17(24)12-8-19-16(20-9-12)11-2-3-11/h6-9,11,13-15,23H,2-5H2,1H3,(H,21,24)/t13-,14-,15-/m1/s1. The van der Waals surface area contributed by atoms with Gasteiger partial charge in [-0.05, 0) is 32.6 Å². The molecule has 2 aromatic rings. The summed E-state index contributed by atoms with van der Waals surface area (Å²) in [6, 6.07) is -0.321. The number of rotatable bonds is 4. The fourth-order valence-corrected chi connectivity index (χ4v) is 3.42. The molecule has 126 valence electrons. The second kappa shape index (κ2) is 5.98. The molecule has 2 N–H and O–H groups in total. The summed E-state index contributed by atoms with van der Waals surface area (Å²) in [7, 11) is 0. The molecule has 0 radical (unpaired) electrons. The average molecular weight is 327 g/mol. The SMILES string of the molecule is Cc1nccn1[C@@H]1CC[C@@H](NC(=O)c2cnc(C3CC3)nc2)[C@H]1O. The predicted molar refractivity (Wildman–Crippen MR) is 86.5 cm³/mol. The van der Waals surface area contributed by atoms with Crippen LogP contribution in [0, 0.1) is 6.92 Å². The van der Waals surface area contributed by atoms with E-state index in [0.29, 0.717) is 11.5 Å². The molecule has 1 amide bonds. The maximum absolute atomic E-state index is 12.4. The molecule has 0 saturated heterocycles. The number of hydrogen-bond acceptors (Lipinski definition) is 5. The number of carbonyl (C=O) groups excluding carboxylic acids is 1. The Bertz CT molecular complexity index is 738. The Morgan fingerprint density at radius 3 is 2.58 bits per heavy atom. The first-order chi connectivity index (χ1) is 11.6. The summed E-state index contributed by atoms with van der Waals surface area (Å²) >= 11 is 0. The third kappa shape index (κ3) is 2.80. The van der Waals surface area contributed by atoms with Gasteiger partial charge in [-0.2, -0.15) is 0 Å². The molecular weight excluding hydrogens is 306 g/mol. The number of nitrogens with zero attached hydrogens (tertiary/aromatic N) is 4. The second-order valence-corrected chi connectivity index (χ2v) is 6.70. The van der Waals surface area contributed by atoms with Crippen molar-refractivity contribution in [2.75, 3.05) is 0 Å². The average Bonchev–Trinajstić information content (AvgIpc) is 3.27. The van der Waals surface area contributed by atoms with Crippen LogP contribution >= 0.6 is 0 Å². The number of aryl methyl sites for hydroxylation is 1. The lowest BCUT2D eigenvalue weighted by atomic mass is 10.1. The van der Waals surface area contributed by atoms with E-state index in [-0.39, 0.29) is 18.0 Å². The smallest absolute Gasteiger partial charge is 0.254 e. The minimum atomic E-state index is -0.631. The van der Waals surface area contributed by atoms with Crippen LogP contribution in [0.3, 0.4) is 0 Å². The molecule has 0 aromatic carbocycles. The van der Waals surface area contributed by atoms with Gasteiger partial charge in [0, 0.05) is 30.7 Å². The van der Waals surface area contributed by atoms with E-state index in [1.807, 2.05) is 17.7 Å². The quantitative estimate of drug-likeness (QED) is 0.884. The fraction of sp³-hybridized carbons (Fsp3) is 0.529. The van der Waals surface area contributed by atoms with Gasteiger partial charge in [0.1, 0.15) is 11.6 Å². The van der Waals surface area contributed by atoms with Crippen molar-refractivity contribution in [2.24, 2.45) is 0 Å². The van der Waals surface area contributed by atoms with Gasteiger partial charge in [-0.3, -0.25) is 4.79 Å². The highest BCUT2D eigenvalue weighted by atomic mass is 16.3. The minimum absolute atomic E-state index is 0.0497. The topological polar surface area (TPSA) is 92.9 Å². The van der Waals surface area contributed by atoms with E-state index in [4.69, 9.17) is 0 Å². The Hall–Kier alpha value is -2.28. The van der Waals surface area contributed by atoms with E-state index < -0.39 is 6.10 Å². The van der Waals surface area contributed by atoms with E-state index in [1.165, 1.54) is 0 Å². The number of carbonyl (C=O) groups is 1. The number of hydrogen-bond donors (Lipinski definition) is 2. The zero-order chi connectivity index (χ0) is 16.7. The Labute approximate surface area is 140 Å². The number of imidazole rings is 1. The lowest BCUT2D eigenvalue weighted by molar-refractivity contribution is 0.0811. The molecule has 0 unspecified atom stereocenters. The molecule has 2 heterocycles. The fourth-order valence-electron chi connectivity index (χ4n) is 3.42. The van der Waals surface area contributed by atoms with E-state index in [9.17, 15) is 9.90 Å². The third-order valence-corrected chi connectivity index (χ3v) is 4.99. The van der Waals surface area contributed by atoms with Crippen molar-refractivity contribution in [1.29, 1.82) is 0 Å². The maximum Gasteiger partial charge on any atom is 0.254 e. The normalized spacial score (nSPS) is 26.5. The van der Waals surface area contributed by atoms with Crippen molar-refractivity contribution in [3.63, 3.8) is 0 Å². The van der Waals surface area contributed by atoms with Crippen LogP contribution in [0.25, 0.3) is 0 Å². The third-order valence-electron chi connectivity index (χ3n) is 4.99. The molecule has 2 fully saturated rings. The molecule has 0 bridgehead atoms. The summed E-state index contributed by atoms with van der Waals surface area (Å²) in [5, 5.41) is 13.5. The van der Waals surface area contributed by atoms with Gasteiger partial charge in [0.2, 0.25) is 0 Å². The van der Waals surface area contributed by atoms with E-state index in [1.54, 1.807) is 18.6 Å². The van der Waals surface area contributed by atoms with Crippen molar-refractivity contribution in [3.8, 4) is 0 Å². The molecule has 24 heavy (non-hydrogen) atoms. The van der Waals surface area contributed by atoms with Gasteiger partial charge < -0.3 is 15.0 Å². The largest absolute Gasteiger partial charge is 0.389 e. The van der Waals surface area contributed by atoms with Gasteiger partial charge in [0.15, 0.2) is 0 Å². The zero-order valence-corrected chi connectivity index (χ0v) is 13.6. The zero-order valence-electron chi connectivity index (χ0n) is 13.6. The maximum atomic E-state index is 12.4. The summed E-state index contributed by atoms with van der Waals surface area (Å²) in [5.74, 6) is 1.93. The molecule has 7 heteroatoms. The van der Waals surface area contributed by atoms with Crippen molar-refractivity contribution in [3.05, 3.63) is 42.0 Å². The number of nitrogens with one attached hydrogen (secondary N) is 1. The first kappa shape index (κ1) is 15.3. The Balaban J connectivity index is 1.41. The number of aliphatic hydroxyl groups is 1. The van der Waals surface area contributed by atoms with Crippen LogP contribution in [0.1, 0.15) is 59.6 Å². The molecule has 4 rings (SSSR count). The Kier molecular flexibility index (Phi) is 3.80. The molecule has 3 atom stereocenters. The van der Waals surface area contributed by atoms with Crippen molar-refractivity contribution in [2.45, 2.75) is 56.7 Å². The van der Waals surface area contributed by atoms with Crippen LogP contribution in [-0.4, -0.2) is 42.7 Å². The van der Waals surface area contributed by atoms with Gasteiger partial charge in [-0.25, -0.2) is 15.0 Å². The van der Waals surface area contributed by atoms with Crippen LogP contribution in [0.5, 0.6) is 0 Å². The first-order valence-corrected chi connectivity index (χ1v) is 8.44. The van der Waals surface area contributed by atoms with Gasteiger partial charge in [0.05, 0.1) is 23.8 Å². The predicted octanol–water partition coefficient (Wildman–Crippen LogP) is 1.35. The summed E-state index contributed by atoms with van der Waals surface area (Å²) in [4.78, 5) is 25.1. The van der Waals surface area contributed by atoms with Gasteiger partial charge >= 0.3 is 0 Å². The first-order valence-electron chi connectivity index (χ1n) is 8.44. The molecule has 2 aromatic heterocycles. The summed E-state index contributed by atoms with van der Waals surface area (Å²) in [5.41, 5.74) is 0.439. The molecular formula is C17H21N5O2. The molecule has 0 spiro atoms. The minimum Gasteiger partial charge on any atom is -0.389 e. The van der Waals surface area contributed by atoms with Crippen LogP contribution in [0.15, 0.2) is 24.8 Å². The van der Waals surface area contributed by atoms with Crippen LogP contribution in [0.2, 0.25) is 0 Å². The van der Waals surface area contributed by atoms with Crippen molar-refractivity contribution < 1.29 is 9.90 Å². The van der Waals surface area contributed by atoms with Gasteiger partial charge in [0.25, 0.3) is 5.91 Å². The van der Waals surface area contributed by atoms with E-state index in [2.05, 4.69) is 20.3 Å². The van der Waals surface area contributed by atoms with E-state index in [0.717, 1.165) is 37.3 Å². The van der Waals surface area contributed by atoms with Gasteiger partial charge in [-0.15, -0.1) is 0 Å². The van der Waals surface area contributed by atoms with Crippen molar-refractivity contribution in [1.82, 2.24) is 24.8 Å². The lowest BCUT2D eigenvalue weighted by Crippen LogP contribution is -2.42. The summed E-state index contributed by atoms with van der Waals surface area (Å²) in [6.45, 7) is 1.91. The monoisotopic (exact) mass is 327 g/mol. The van der Waals surface area contributed by atoms with Crippen LogP contribution < -0.4 is 5.32 Å². The number of aliphatic hydroxyl groups excluding tert-OH is 1. The number of amides is 1. The molecule has 7 nitrogen and oxygen atoms in total. The van der Waals surface area contributed by atoms with Crippen LogP contribution in [-0.2, 0) is 0 Å². The summed E-state index contributed by atoms with van der Waals surface area (Å²) < 4.78 is 1.98. The molecule has 2 aliphatic rings. The molecule has 2 aliphatic carbocycles. The molecule has 0 aliphatic heterocycles. The summed E-state index contributed by atoms with van der Waals surface area (Å²) in [6.07, 6.45) is 9.93. The van der Waals surface area contributed by atoms with Crippen molar-refractivity contribution >= 4 is 5.91 Å². The van der Waals surface area contributed by atoms with E-state index >= 15 is 0 Å². The molecule has 2 saturated carbocycles. The second-order valence-electron chi connectivity index (χ2n) is 6.70. The van der Waals surface area contributed by atoms with Gasteiger partial charge in [-0.1, -0.05) is 0 Å². The Morgan fingerprint density at radius 1 is 1.21 bits per heavy atom. The van der Waals surface area contributed by atoms with Crippen LogP contribution in [0.4, 0.5) is 0 Å². The highest BCUT2D eigenvalue weighted by Crippen LogP contribution is 2.37.